The van der Waals surface area contributed by atoms with E-state index in [4.69, 9.17) is 0 Å². The van der Waals surface area contributed by atoms with Crippen LogP contribution in [0.3, 0.4) is 0 Å². The maximum Gasteiger partial charge on any atom is 0.201 e. The molecule has 0 saturated heterocycles. The minimum atomic E-state index is 0. The van der Waals surface area contributed by atoms with Crippen molar-refractivity contribution in [1.29, 1.82) is 0 Å². The molecule has 12 aromatic rings. The smallest absolute Gasteiger partial charge is 0.201 e. The fraction of sp³-hybridized carbons (Fsp3) is 0.0536. The molecule has 0 fully saturated rings. The zero-order valence-electron chi connectivity index (χ0n) is 34.0. The van der Waals surface area contributed by atoms with Crippen molar-refractivity contribution in [3.8, 4) is 34.0 Å². The van der Waals surface area contributed by atoms with Crippen molar-refractivity contribution in [3.05, 3.63) is 200 Å². The Morgan fingerprint density at radius 2 is 0.968 bits per heavy atom. The summed E-state index contributed by atoms with van der Waals surface area (Å²) in [6.45, 7) is 4.44. The quantitative estimate of drug-likeness (QED) is 0.130. The predicted octanol–water partition coefficient (Wildman–Crippen LogP) is 14.1. The first-order valence-corrected chi connectivity index (χ1v) is 20.6. The van der Waals surface area contributed by atoms with Gasteiger partial charge in [0.2, 0.25) is 5.82 Å². The molecule has 1 radical (unpaired) electrons. The second-order valence-corrected chi connectivity index (χ2v) is 15.8. The van der Waals surface area contributed by atoms with E-state index < -0.39 is 0 Å². The maximum absolute atomic E-state index is 4.46. The molecule has 0 unspecified atom stereocenters. The third-order valence-electron chi connectivity index (χ3n) is 11.8. The molecule has 0 spiro atoms. The van der Waals surface area contributed by atoms with E-state index in [2.05, 4.69) is 191 Å². The van der Waals surface area contributed by atoms with Crippen LogP contribution in [0, 0.1) is 12.1 Å². The Hall–Kier alpha value is -7.24. The van der Waals surface area contributed by atoms with Crippen LogP contribution in [0.15, 0.2) is 182 Å². The molecule has 0 saturated carbocycles. The second-order valence-electron chi connectivity index (χ2n) is 15.8. The summed E-state index contributed by atoms with van der Waals surface area (Å²) in [6, 6.07) is 68.3. The van der Waals surface area contributed by atoms with Crippen molar-refractivity contribution in [3.63, 3.8) is 0 Å². The number of hydrogen-bond acceptors (Lipinski definition) is 5. The topological polar surface area (TPSA) is 64.5 Å². The number of hydrogen-bond donors (Lipinski definition) is 0. The number of benzene rings is 10. The first-order chi connectivity index (χ1) is 30.1. The van der Waals surface area contributed by atoms with E-state index in [1.807, 2.05) is 42.6 Å². The van der Waals surface area contributed by atoms with Crippen LogP contribution < -0.4 is 0 Å². The largest absolute Gasteiger partial charge is 0.305 e. The average molecular weight is 972 g/mol. The molecule has 2 heterocycles. The number of pyridine rings is 1. The summed E-state index contributed by atoms with van der Waals surface area (Å²) in [5.41, 5.74) is 5.08. The molecule has 0 bridgehead atoms. The number of fused-ring (bicyclic) bond motifs is 11. The maximum atomic E-state index is 4.46. The van der Waals surface area contributed by atoms with Crippen LogP contribution >= 0.6 is 0 Å². The Morgan fingerprint density at radius 1 is 0.419 bits per heavy atom. The van der Waals surface area contributed by atoms with Crippen LogP contribution in [0.4, 0.5) is 0 Å². The van der Waals surface area contributed by atoms with Gasteiger partial charge in [-0.15, -0.1) is 68.5 Å². The minimum Gasteiger partial charge on any atom is -0.305 e. The zero-order valence-corrected chi connectivity index (χ0v) is 36.4. The van der Waals surface area contributed by atoms with Crippen LogP contribution in [0.1, 0.15) is 25.3 Å². The Bertz CT molecular complexity index is 3450. The van der Waals surface area contributed by atoms with E-state index in [0.717, 1.165) is 38.5 Å². The number of aromatic nitrogens is 5. The Kier molecular flexibility index (Phi) is 10.2. The molecule has 0 amide bonds. The van der Waals surface area contributed by atoms with Gasteiger partial charge in [-0.05, 0) is 77.8 Å². The minimum absolute atomic E-state index is 0. The van der Waals surface area contributed by atoms with Gasteiger partial charge in [0.05, 0.1) is 0 Å². The molecule has 5 nitrogen and oxygen atoms in total. The monoisotopic (exact) mass is 972 g/mol. The third-order valence-corrected chi connectivity index (χ3v) is 11.8. The van der Waals surface area contributed by atoms with Gasteiger partial charge in [-0.2, -0.15) is 10.2 Å². The molecule has 0 aliphatic rings. The molecule has 297 valence electrons. The van der Waals surface area contributed by atoms with Gasteiger partial charge in [0.25, 0.3) is 0 Å². The molecule has 6 heteroatoms. The number of rotatable bonds is 4. The standard InChI is InChI=1S/C38H21N4.C18H16N.Ir/c1-3-7-29-23(5-1)9-17-35-31-15-13-27(21-25(31)11-19-33(29)35)37-39-41-38(42-40-37)28-14-16-32-26(22-28)12-20-34-30-8-4-2-6-24(30)10-18-36(32)34;1-13(2)14-9-10-16-15(12-14)6-5-7-17(16)18-8-3-4-11-19-18;/h1-13,15-22H;3-6,8-13H,1-2H3;/q2*-1;. The van der Waals surface area contributed by atoms with Crippen LogP contribution in [0.25, 0.3) is 109 Å². The van der Waals surface area contributed by atoms with E-state index in [1.54, 1.807) is 0 Å². The van der Waals surface area contributed by atoms with Crippen molar-refractivity contribution in [2.75, 3.05) is 0 Å². The van der Waals surface area contributed by atoms with Crippen molar-refractivity contribution in [1.82, 2.24) is 25.4 Å². The van der Waals surface area contributed by atoms with Gasteiger partial charge in [-0.1, -0.05) is 170 Å². The fourth-order valence-corrected chi connectivity index (χ4v) is 8.63. The van der Waals surface area contributed by atoms with Gasteiger partial charge < -0.3 is 4.98 Å². The van der Waals surface area contributed by atoms with E-state index in [1.165, 1.54) is 64.8 Å². The van der Waals surface area contributed by atoms with Crippen molar-refractivity contribution >= 4 is 75.4 Å². The summed E-state index contributed by atoms with van der Waals surface area (Å²) in [5, 5.41) is 34.8. The summed E-state index contributed by atoms with van der Waals surface area (Å²) in [6.07, 6.45) is 1.82. The average Bonchev–Trinajstić information content (AvgIpc) is 3.33. The van der Waals surface area contributed by atoms with Crippen LogP contribution in [0.5, 0.6) is 0 Å². The zero-order chi connectivity index (χ0) is 40.9. The molecule has 10 aromatic carbocycles. The van der Waals surface area contributed by atoms with Crippen molar-refractivity contribution in [2.45, 2.75) is 19.8 Å². The summed E-state index contributed by atoms with van der Waals surface area (Å²) >= 11 is 0. The molecule has 12 rings (SSSR count). The fourth-order valence-electron chi connectivity index (χ4n) is 8.63. The number of nitrogens with zero attached hydrogens (tertiary/aromatic N) is 5. The van der Waals surface area contributed by atoms with Gasteiger partial charge in [0.1, 0.15) is 5.82 Å². The SMILES string of the molecule is CC(C)c1ccc2c(-c3ccccn3)[c-]ccc2c1.[Ir].[c-]1cc2c(ccc3c4ccccc4ccc23)cc1-c1nnc(-c2ccc3c(ccc4c5ccccc5ccc34)c2)nn1. The first kappa shape index (κ1) is 38.9. The molecular formula is C56H37IrN5-2. The normalized spacial score (nSPS) is 11.4. The van der Waals surface area contributed by atoms with E-state index in [-0.39, 0.29) is 20.1 Å². The van der Waals surface area contributed by atoms with E-state index >= 15 is 0 Å². The molecule has 0 atom stereocenters. The van der Waals surface area contributed by atoms with Crippen LogP contribution in [0.2, 0.25) is 0 Å². The predicted molar refractivity (Wildman–Crippen MR) is 252 cm³/mol. The summed E-state index contributed by atoms with van der Waals surface area (Å²) < 4.78 is 0. The summed E-state index contributed by atoms with van der Waals surface area (Å²) in [5.74, 6) is 1.50. The van der Waals surface area contributed by atoms with Gasteiger partial charge in [-0.25, -0.2) is 0 Å². The van der Waals surface area contributed by atoms with Crippen molar-refractivity contribution < 1.29 is 20.1 Å². The second kappa shape index (κ2) is 16.3. The molecular weight excluding hydrogens is 935 g/mol. The van der Waals surface area contributed by atoms with E-state index in [9.17, 15) is 0 Å². The summed E-state index contributed by atoms with van der Waals surface area (Å²) in [7, 11) is 0. The van der Waals surface area contributed by atoms with E-state index in [0.29, 0.717) is 17.6 Å². The molecule has 0 aliphatic heterocycles. The summed E-state index contributed by atoms with van der Waals surface area (Å²) in [4.78, 5) is 4.43. The Balaban J connectivity index is 0.000000193. The molecule has 0 N–H and O–H groups in total. The Morgan fingerprint density at radius 3 is 1.63 bits per heavy atom. The molecule has 0 aliphatic carbocycles. The van der Waals surface area contributed by atoms with Gasteiger partial charge in [-0.3, -0.25) is 0 Å². The third kappa shape index (κ3) is 7.03. The van der Waals surface area contributed by atoms with Crippen LogP contribution in [-0.4, -0.2) is 25.4 Å². The van der Waals surface area contributed by atoms with Gasteiger partial charge in [0.15, 0.2) is 0 Å². The first-order valence-electron chi connectivity index (χ1n) is 20.6. The molecule has 2 aromatic heterocycles. The molecule has 62 heavy (non-hydrogen) atoms. The van der Waals surface area contributed by atoms with Crippen molar-refractivity contribution in [2.24, 2.45) is 0 Å². The van der Waals surface area contributed by atoms with Gasteiger partial charge >= 0.3 is 0 Å². The van der Waals surface area contributed by atoms with Gasteiger partial charge in [0, 0.05) is 31.9 Å². The Labute approximate surface area is 372 Å². The van der Waals surface area contributed by atoms with Crippen LogP contribution in [-0.2, 0) is 20.1 Å².